The number of aromatic nitrogens is 3. The first-order valence-corrected chi connectivity index (χ1v) is 12.0. The Bertz CT molecular complexity index is 1330. The summed E-state index contributed by atoms with van der Waals surface area (Å²) in [6.45, 7) is 9.42. The normalized spacial score (nSPS) is 17.8. The second-order valence-electron chi connectivity index (χ2n) is 9.06. The molecule has 0 unspecified atom stereocenters. The Morgan fingerprint density at radius 2 is 1.74 bits per heavy atom. The predicted molar refractivity (Wildman–Crippen MR) is 140 cm³/mol. The minimum atomic E-state index is -0.0388. The highest BCUT2D eigenvalue weighted by Crippen LogP contribution is 2.42. The van der Waals surface area contributed by atoms with Crippen LogP contribution in [0.4, 0.5) is 0 Å². The molecule has 4 aromatic rings. The van der Waals surface area contributed by atoms with E-state index in [4.69, 9.17) is 12.2 Å². The molecule has 1 fully saturated rings. The maximum Gasteiger partial charge on any atom is 0.170 e. The summed E-state index contributed by atoms with van der Waals surface area (Å²) in [5.41, 5.74) is 9.60. The van der Waals surface area contributed by atoms with Crippen molar-refractivity contribution in [2.75, 3.05) is 0 Å². The Balaban J connectivity index is 1.64. The van der Waals surface area contributed by atoms with E-state index in [0.29, 0.717) is 6.54 Å². The molecule has 3 aromatic heterocycles. The molecule has 1 aliphatic heterocycles. The van der Waals surface area contributed by atoms with Crippen LogP contribution in [0.25, 0.3) is 5.69 Å². The Kier molecular flexibility index (Phi) is 5.92. The molecule has 6 heteroatoms. The maximum atomic E-state index is 5.87. The molecule has 0 amide bonds. The topological polar surface area (TPSA) is 46.0 Å². The summed E-state index contributed by atoms with van der Waals surface area (Å²) in [6, 6.07) is 19.1. The largest absolute Gasteiger partial charge is 0.352 e. The van der Waals surface area contributed by atoms with Crippen molar-refractivity contribution in [2.24, 2.45) is 0 Å². The van der Waals surface area contributed by atoms with Crippen molar-refractivity contribution in [1.82, 2.24) is 24.8 Å². The van der Waals surface area contributed by atoms with Crippen LogP contribution in [-0.4, -0.2) is 24.5 Å². The smallest absolute Gasteiger partial charge is 0.170 e. The Morgan fingerprint density at radius 3 is 2.47 bits per heavy atom. The van der Waals surface area contributed by atoms with Crippen molar-refractivity contribution < 1.29 is 0 Å². The van der Waals surface area contributed by atoms with Crippen molar-refractivity contribution in [3.05, 3.63) is 113 Å². The minimum Gasteiger partial charge on any atom is -0.352 e. The number of benzene rings is 1. The van der Waals surface area contributed by atoms with Gasteiger partial charge in [-0.25, -0.2) is 0 Å². The summed E-state index contributed by atoms with van der Waals surface area (Å²) in [4.78, 5) is 11.2. The lowest BCUT2D eigenvalue weighted by Gasteiger charge is -2.28. The third-order valence-electron chi connectivity index (χ3n) is 6.69. The Labute approximate surface area is 206 Å². The van der Waals surface area contributed by atoms with Crippen molar-refractivity contribution in [3.8, 4) is 5.69 Å². The van der Waals surface area contributed by atoms with Crippen LogP contribution in [0.5, 0.6) is 0 Å². The number of pyridine rings is 2. The van der Waals surface area contributed by atoms with Gasteiger partial charge in [-0.1, -0.05) is 18.2 Å². The second-order valence-corrected chi connectivity index (χ2v) is 9.45. The van der Waals surface area contributed by atoms with Crippen LogP contribution in [0.2, 0.25) is 0 Å². The van der Waals surface area contributed by atoms with E-state index in [0.717, 1.165) is 10.8 Å². The molecule has 1 N–H and O–H groups in total. The van der Waals surface area contributed by atoms with E-state index >= 15 is 0 Å². The van der Waals surface area contributed by atoms with Crippen LogP contribution in [0.3, 0.4) is 0 Å². The molecule has 5 nitrogen and oxygen atoms in total. The van der Waals surface area contributed by atoms with Crippen molar-refractivity contribution in [1.29, 1.82) is 0 Å². The first-order chi connectivity index (χ1) is 16.4. The maximum absolute atomic E-state index is 5.87. The summed E-state index contributed by atoms with van der Waals surface area (Å²) in [5, 5.41) is 4.32. The van der Waals surface area contributed by atoms with E-state index in [2.05, 4.69) is 82.8 Å². The average Bonchev–Trinajstić information content (AvgIpc) is 3.31. The van der Waals surface area contributed by atoms with Crippen LogP contribution in [0.15, 0.2) is 73.2 Å². The fourth-order valence-electron chi connectivity index (χ4n) is 5.02. The zero-order valence-electron chi connectivity index (χ0n) is 20.0. The lowest BCUT2D eigenvalue weighted by atomic mass is 9.96. The molecule has 1 saturated heterocycles. The van der Waals surface area contributed by atoms with Gasteiger partial charge >= 0.3 is 0 Å². The van der Waals surface area contributed by atoms with Crippen molar-refractivity contribution in [2.45, 2.75) is 46.3 Å². The Hall–Kier alpha value is -3.51. The Morgan fingerprint density at radius 1 is 0.941 bits per heavy atom. The van der Waals surface area contributed by atoms with E-state index in [9.17, 15) is 0 Å². The number of hydrogen-bond donors (Lipinski definition) is 1. The minimum absolute atomic E-state index is 0.0145. The van der Waals surface area contributed by atoms with Gasteiger partial charge in [-0.05, 0) is 98.6 Å². The number of nitrogens with zero attached hydrogens (tertiary/aromatic N) is 4. The van der Waals surface area contributed by atoms with E-state index in [1.165, 1.54) is 39.3 Å². The zero-order valence-corrected chi connectivity index (χ0v) is 20.8. The molecular weight excluding hydrogens is 438 g/mol. The summed E-state index contributed by atoms with van der Waals surface area (Å²) in [7, 11) is 0. The highest BCUT2D eigenvalue weighted by atomic mass is 32.1. The summed E-state index contributed by atoms with van der Waals surface area (Å²) < 4.78 is 2.37. The molecule has 0 radical (unpaired) electrons. The highest BCUT2D eigenvalue weighted by molar-refractivity contribution is 7.80. The van der Waals surface area contributed by atoms with Gasteiger partial charge in [0.25, 0.3) is 0 Å². The lowest BCUT2D eigenvalue weighted by Crippen LogP contribution is -2.29. The van der Waals surface area contributed by atoms with Crippen molar-refractivity contribution >= 4 is 17.3 Å². The van der Waals surface area contributed by atoms with E-state index in [-0.39, 0.29) is 12.1 Å². The first kappa shape index (κ1) is 22.3. The SMILES string of the molecule is Cc1ccc(C)c(-n2c(C)cc([C@@H]3[C@@H](c4ccccn4)NC(=S)N3Cc3ccncc3)c2C)c1. The van der Waals surface area contributed by atoms with Crippen LogP contribution < -0.4 is 5.32 Å². The predicted octanol–water partition coefficient (Wildman–Crippen LogP) is 5.67. The fraction of sp³-hybridized carbons (Fsp3) is 0.250. The summed E-state index contributed by atoms with van der Waals surface area (Å²) >= 11 is 5.87. The monoisotopic (exact) mass is 467 g/mol. The average molecular weight is 468 g/mol. The van der Waals surface area contributed by atoms with Crippen molar-refractivity contribution in [3.63, 3.8) is 0 Å². The van der Waals surface area contributed by atoms with Crippen LogP contribution in [-0.2, 0) is 6.54 Å². The molecule has 172 valence electrons. The van der Waals surface area contributed by atoms with Crippen LogP contribution >= 0.6 is 12.2 Å². The zero-order chi connectivity index (χ0) is 23.8. The summed E-state index contributed by atoms with van der Waals surface area (Å²) in [6.07, 6.45) is 5.51. The van der Waals surface area contributed by atoms with Gasteiger partial charge in [-0.3, -0.25) is 9.97 Å². The van der Waals surface area contributed by atoms with Gasteiger partial charge in [-0.2, -0.15) is 0 Å². The van der Waals surface area contributed by atoms with E-state index in [1.54, 1.807) is 0 Å². The molecule has 0 spiro atoms. The van der Waals surface area contributed by atoms with Gasteiger partial charge in [0.05, 0.1) is 17.8 Å². The molecule has 0 saturated carbocycles. The molecule has 34 heavy (non-hydrogen) atoms. The van der Waals surface area contributed by atoms with Crippen LogP contribution in [0.1, 0.15) is 51.4 Å². The van der Waals surface area contributed by atoms with Gasteiger partial charge in [0, 0.05) is 42.2 Å². The lowest BCUT2D eigenvalue weighted by molar-refractivity contribution is 0.310. The van der Waals surface area contributed by atoms with Gasteiger partial charge < -0.3 is 14.8 Å². The number of nitrogens with one attached hydrogen (secondary N) is 1. The number of hydrogen-bond acceptors (Lipinski definition) is 3. The molecule has 2 atom stereocenters. The molecule has 4 heterocycles. The highest BCUT2D eigenvalue weighted by Gasteiger charge is 2.41. The first-order valence-electron chi connectivity index (χ1n) is 11.6. The molecule has 0 bridgehead atoms. The van der Waals surface area contributed by atoms with Gasteiger partial charge in [0.15, 0.2) is 5.11 Å². The summed E-state index contributed by atoms with van der Waals surface area (Å²) in [5.74, 6) is 0. The number of aryl methyl sites for hydroxylation is 3. The van der Waals surface area contributed by atoms with Gasteiger partial charge in [0.2, 0.25) is 0 Å². The van der Waals surface area contributed by atoms with E-state index in [1.807, 2.05) is 42.9 Å². The molecular formula is C28H29N5S. The van der Waals surface area contributed by atoms with Gasteiger partial charge in [0.1, 0.15) is 0 Å². The van der Waals surface area contributed by atoms with Gasteiger partial charge in [-0.15, -0.1) is 0 Å². The molecule has 1 aliphatic rings. The molecule has 1 aromatic carbocycles. The van der Waals surface area contributed by atoms with Crippen LogP contribution in [0, 0.1) is 27.7 Å². The molecule has 5 rings (SSSR count). The third kappa shape index (κ3) is 3.99. The molecule has 0 aliphatic carbocycles. The fourth-order valence-corrected chi connectivity index (χ4v) is 5.32. The number of rotatable bonds is 5. The second kappa shape index (κ2) is 9.03. The quantitative estimate of drug-likeness (QED) is 0.383. The standard InChI is InChI=1S/C28H29N5S/c1-18-8-9-19(2)25(15-18)33-20(3)16-23(21(33)4)27-26(24-7-5-6-12-30-24)31-28(34)32(27)17-22-10-13-29-14-11-22/h5-16,26-27H,17H2,1-4H3,(H,31,34)/t26-,27-/m1/s1. The number of thiocarbonyl (C=S) groups is 1. The van der Waals surface area contributed by atoms with E-state index < -0.39 is 0 Å². The third-order valence-corrected chi connectivity index (χ3v) is 7.05.